The van der Waals surface area contributed by atoms with Crippen LogP contribution >= 0.6 is 11.6 Å². The second-order valence-corrected chi connectivity index (χ2v) is 6.23. The molecule has 2 amide bonds. The molecule has 1 atom stereocenters. The van der Waals surface area contributed by atoms with Crippen LogP contribution in [-0.4, -0.2) is 27.7 Å². The third-order valence-electron chi connectivity index (χ3n) is 4.04. The number of urea groups is 1. The number of carbonyl (C=O) groups excluding carboxylic acids is 1. The standard InChI is InChI=1S/C17H15ClN4O3/c1-10-8-12-2-5-13(18)9-15(12)16(20-21(10)17(19)23)11-3-6-14(7-4-11)22(24)25/h2-7,9-10H,8H2,1H3,(H2,19,23). The summed E-state index contributed by atoms with van der Waals surface area (Å²) >= 11 is 6.14. The molecule has 2 aromatic rings. The molecule has 2 aromatic carbocycles. The predicted octanol–water partition coefficient (Wildman–Crippen LogP) is 3.33. The molecule has 8 heteroatoms. The van der Waals surface area contributed by atoms with Gasteiger partial charge in [-0.25, -0.2) is 9.80 Å². The normalized spacial score (nSPS) is 16.6. The van der Waals surface area contributed by atoms with Crippen LogP contribution in [0.25, 0.3) is 0 Å². The van der Waals surface area contributed by atoms with Gasteiger partial charge in [0.2, 0.25) is 0 Å². The highest BCUT2D eigenvalue weighted by Gasteiger charge is 2.26. The van der Waals surface area contributed by atoms with Crippen molar-refractivity contribution in [1.82, 2.24) is 5.01 Å². The number of nitro groups is 1. The van der Waals surface area contributed by atoms with Crippen LogP contribution in [-0.2, 0) is 6.42 Å². The molecule has 0 fully saturated rings. The van der Waals surface area contributed by atoms with Crippen molar-refractivity contribution in [3.8, 4) is 0 Å². The minimum Gasteiger partial charge on any atom is -0.350 e. The molecule has 3 rings (SSSR count). The van der Waals surface area contributed by atoms with Gasteiger partial charge < -0.3 is 5.73 Å². The zero-order valence-corrected chi connectivity index (χ0v) is 14.1. The van der Waals surface area contributed by atoms with E-state index in [0.717, 1.165) is 11.1 Å². The minimum atomic E-state index is -0.661. The number of carbonyl (C=O) groups is 1. The first-order chi connectivity index (χ1) is 11.9. The molecule has 1 aliphatic rings. The lowest BCUT2D eigenvalue weighted by atomic mass is 9.95. The van der Waals surface area contributed by atoms with Crippen LogP contribution < -0.4 is 5.73 Å². The zero-order valence-electron chi connectivity index (χ0n) is 13.3. The third-order valence-corrected chi connectivity index (χ3v) is 4.28. The molecule has 0 saturated heterocycles. The number of halogens is 1. The van der Waals surface area contributed by atoms with Crippen LogP contribution in [0.4, 0.5) is 10.5 Å². The summed E-state index contributed by atoms with van der Waals surface area (Å²) in [5, 5.41) is 17.1. The van der Waals surface area contributed by atoms with E-state index in [1.165, 1.54) is 17.1 Å². The van der Waals surface area contributed by atoms with Crippen LogP contribution in [0.3, 0.4) is 0 Å². The molecule has 1 unspecified atom stereocenters. The monoisotopic (exact) mass is 358 g/mol. The largest absolute Gasteiger partial charge is 0.350 e. The molecule has 0 spiro atoms. The van der Waals surface area contributed by atoms with Crippen molar-refractivity contribution in [2.75, 3.05) is 0 Å². The average Bonchev–Trinajstić information content (AvgIpc) is 2.71. The number of primary amides is 1. The maximum Gasteiger partial charge on any atom is 0.335 e. The van der Waals surface area contributed by atoms with Gasteiger partial charge in [-0.05, 0) is 43.2 Å². The average molecular weight is 359 g/mol. The van der Waals surface area contributed by atoms with Gasteiger partial charge >= 0.3 is 6.03 Å². The fourth-order valence-corrected chi connectivity index (χ4v) is 3.00. The van der Waals surface area contributed by atoms with E-state index in [9.17, 15) is 14.9 Å². The summed E-state index contributed by atoms with van der Waals surface area (Å²) in [7, 11) is 0. The first kappa shape index (κ1) is 16.9. The number of hydrogen-bond acceptors (Lipinski definition) is 4. The summed E-state index contributed by atoms with van der Waals surface area (Å²) in [4.78, 5) is 22.2. The molecule has 25 heavy (non-hydrogen) atoms. The summed E-state index contributed by atoms with van der Waals surface area (Å²) in [6, 6.07) is 10.5. The lowest BCUT2D eigenvalue weighted by Crippen LogP contribution is -2.39. The molecular formula is C17H15ClN4O3. The summed E-state index contributed by atoms with van der Waals surface area (Å²) in [5.74, 6) is 0. The van der Waals surface area contributed by atoms with Crippen LogP contribution in [0, 0.1) is 10.1 Å². The molecule has 0 saturated carbocycles. The van der Waals surface area contributed by atoms with Gasteiger partial charge in [-0.1, -0.05) is 17.7 Å². The first-order valence-corrected chi connectivity index (χ1v) is 7.95. The summed E-state index contributed by atoms with van der Waals surface area (Å²) in [5.41, 5.74) is 8.31. The molecule has 0 aliphatic carbocycles. The van der Waals surface area contributed by atoms with E-state index in [0.29, 0.717) is 22.7 Å². The predicted molar refractivity (Wildman–Crippen MR) is 94.8 cm³/mol. The zero-order chi connectivity index (χ0) is 18.1. The second kappa shape index (κ2) is 6.52. The molecule has 2 N–H and O–H groups in total. The third kappa shape index (κ3) is 3.32. The highest BCUT2D eigenvalue weighted by atomic mass is 35.5. The lowest BCUT2D eigenvalue weighted by molar-refractivity contribution is -0.384. The first-order valence-electron chi connectivity index (χ1n) is 7.57. The summed E-state index contributed by atoms with van der Waals surface area (Å²) in [6.45, 7) is 1.85. The summed E-state index contributed by atoms with van der Waals surface area (Å²) < 4.78 is 0. The smallest absolute Gasteiger partial charge is 0.335 e. The van der Waals surface area contributed by atoms with E-state index in [1.54, 1.807) is 24.3 Å². The van der Waals surface area contributed by atoms with E-state index >= 15 is 0 Å². The molecule has 128 valence electrons. The lowest BCUT2D eigenvalue weighted by Gasteiger charge is -2.20. The number of nitrogens with two attached hydrogens (primary N) is 1. The van der Waals surface area contributed by atoms with E-state index in [2.05, 4.69) is 5.10 Å². The van der Waals surface area contributed by atoms with Gasteiger partial charge in [0.25, 0.3) is 5.69 Å². The quantitative estimate of drug-likeness (QED) is 0.657. The number of nitro benzene ring substituents is 1. The topological polar surface area (TPSA) is 102 Å². The van der Waals surface area contributed by atoms with Gasteiger partial charge in [0.1, 0.15) is 0 Å². The van der Waals surface area contributed by atoms with Gasteiger partial charge in [-0.3, -0.25) is 10.1 Å². The van der Waals surface area contributed by atoms with Gasteiger partial charge in [0, 0.05) is 28.3 Å². The van der Waals surface area contributed by atoms with Crippen LogP contribution in [0.15, 0.2) is 47.6 Å². The van der Waals surface area contributed by atoms with E-state index in [-0.39, 0.29) is 11.7 Å². The highest BCUT2D eigenvalue weighted by Crippen LogP contribution is 2.27. The highest BCUT2D eigenvalue weighted by molar-refractivity contribution is 6.31. The van der Waals surface area contributed by atoms with Crippen molar-refractivity contribution in [2.45, 2.75) is 19.4 Å². The second-order valence-electron chi connectivity index (χ2n) is 5.79. The number of hydrazone groups is 1. The van der Waals surface area contributed by atoms with E-state index < -0.39 is 11.0 Å². The Kier molecular flexibility index (Phi) is 4.41. The SMILES string of the molecule is CC1Cc2ccc(Cl)cc2C(c2ccc([N+](=O)[O-])cc2)=NN1C(N)=O. The fourth-order valence-electron chi connectivity index (χ4n) is 2.83. The van der Waals surface area contributed by atoms with Crippen molar-refractivity contribution < 1.29 is 9.72 Å². The van der Waals surface area contributed by atoms with Crippen molar-refractivity contribution in [3.05, 3.63) is 74.3 Å². The molecule has 0 aromatic heterocycles. The molecule has 0 bridgehead atoms. The van der Waals surface area contributed by atoms with E-state index in [1.807, 2.05) is 13.0 Å². The summed E-state index contributed by atoms with van der Waals surface area (Å²) in [6.07, 6.45) is 0.565. The fraction of sp³-hybridized carbons (Fsp3) is 0.176. The van der Waals surface area contributed by atoms with Gasteiger partial charge in [0.15, 0.2) is 0 Å². The Balaban J connectivity index is 2.18. The van der Waals surface area contributed by atoms with Crippen molar-refractivity contribution in [3.63, 3.8) is 0 Å². The van der Waals surface area contributed by atoms with E-state index in [4.69, 9.17) is 17.3 Å². The van der Waals surface area contributed by atoms with Gasteiger partial charge in [-0.15, -0.1) is 0 Å². The molecular weight excluding hydrogens is 344 g/mol. The Morgan fingerprint density at radius 1 is 1.32 bits per heavy atom. The molecule has 1 heterocycles. The maximum absolute atomic E-state index is 11.8. The Hall–Kier alpha value is -2.93. The van der Waals surface area contributed by atoms with Crippen molar-refractivity contribution in [2.24, 2.45) is 10.8 Å². The maximum atomic E-state index is 11.8. The molecule has 0 radical (unpaired) electrons. The number of non-ortho nitro benzene ring substituents is 1. The number of fused-ring (bicyclic) bond motifs is 1. The number of rotatable bonds is 2. The molecule has 7 nitrogen and oxygen atoms in total. The Labute approximate surface area is 148 Å². The van der Waals surface area contributed by atoms with Crippen molar-refractivity contribution >= 4 is 29.0 Å². The minimum absolute atomic E-state index is 0.0237. The van der Waals surface area contributed by atoms with Crippen molar-refractivity contribution in [1.29, 1.82) is 0 Å². The number of nitrogens with zero attached hydrogens (tertiary/aromatic N) is 3. The number of benzene rings is 2. The Morgan fingerprint density at radius 2 is 2.00 bits per heavy atom. The van der Waals surface area contributed by atoms with Gasteiger partial charge in [0.05, 0.1) is 16.7 Å². The Bertz CT molecular complexity index is 880. The Morgan fingerprint density at radius 3 is 2.60 bits per heavy atom. The molecule has 1 aliphatic heterocycles. The van der Waals surface area contributed by atoms with Crippen LogP contribution in [0.1, 0.15) is 23.6 Å². The van der Waals surface area contributed by atoms with Gasteiger partial charge in [-0.2, -0.15) is 5.10 Å². The van der Waals surface area contributed by atoms with Crippen LogP contribution in [0.5, 0.6) is 0 Å². The number of hydrogen-bond donors (Lipinski definition) is 1. The number of amides is 2. The van der Waals surface area contributed by atoms with Crippen LogP contribution in [0.2, 0.25) is 5.02 Å².